The highest BCUT2D eigenvalue weighted by molar-refractivity contribution is 5.95. The van der Waals surface area contributed by atoms with Gasteiger partial charge in [-0.2, -0.15) is 17.6 Å². The van der Waals surface area contributed by atoms with Gasteiger partial charge in [0.25, 0.3) is 5.91 Å². The molecule has 3 rings (SSSR count). The minimum atomic E-state index is -4.86. The lowest BCUT2D eigenvalue weighted by Crippen LogP contribution is -2.43. The highest BCUT2D eigenvalue weighted by atomic mass is 19.4. The molecular weight excluding hydrogens is 455 g/mol. The van der Waals surface area contributed by atoms with Gasteiger partial charge < -0.3 is 25.0 Å². The van der Waals surface area contributed by atoms with Crippen molar-refractivity contribution in [2.75, 3.05) is 19.0 Å². The molecule has 0 aliphatic carbocycles. The number of hydrogen-bond acceptors (Lipinski definition) is 6. The van der Waals surface area contributed by atoms with Crippen LogP contribution in [0.5, 0.6) is 5.75 Å². The van der Waals surface area contributed by atoms with Crippen LogP contribution in [0.2, 0.25) is 0 Å². The molecule has 180 valence electrons. The molecule has 2 aromatic rings. The lowest BCUT2D eigenvalue weighted by Gasteiger charge is -2.27. The predicted octanol–water partition coefficient (Wildman–Crippen LogP) is 3.23. The third-order valence-corrected chi connectivity index (χ3v) is 5.47. The summed E-state index contributed by atoms with van der Waals surface area (Å²) in [4.78, 5) is 16.8. The summed E-state index contributed by atoms with van der Waals surface area (Å²) < 4.78 is 79.1. The van der Waals surface area contributed by atoms with Crippen molar-refractivity contribution in [3.8, 4) is 5.75 Å². The summed E-state index contributed by atoms with van der Waals surface area (Å²) in [6, 6.07) is 4.33. The molecular formula is C21H21F5N2O5. The maximum atomic E-state index is 14.3. The first-order valence-corrected chi connectivity index (χ1v) is 9.74. The Morgan fingerprint density at radius 1 is 1.36 bits per heavy atom. The number of benzene rings is 1. The van der Waals surface area contributed by atoms with Crippen LogP contribution in [-0.4, -0.2) is 52.7 Å². The molecule has 7 nitrogen and oxygen atoms in total. The summed E-state index contributed by atoms with van der Waals surface area (Å²) in [6.45, 7) is 0.125. The van der Waals surface area contributed by atoms with Crippen molar-refractivity contribution in [2.24, 2.45) is 0 Å². The highest BCUT2D eigenvalue weighted by Gasteiger charge is 2.61. The van der Waals surface area contributed by atoms with E-state index in [-0.39, 0.29) is 16.9 Å². The number of alkyl halides is 3. The molecule has 4 atom stereocenters. The number of nitrogens with zero attached hydrogens (tertiary/aromatic N) is 1. The normalized spacial score (nSPS) is 23.9. The van der Waals surface area contributed by atoms with Crippen LogP contribution in [0.3, 0.4) is 0 Å². The van der Waals surface area contributed by atoms with E-state index in [1.165, 1.54) is 18.3 Å². The molecule has 33 heavy (non-hydrogen) atoms. The van der Waals surface area contributed by atoms with Gasteiger partial charge in [-0.05, 0) is 31.5 Å². The second-order valence-corrected chi connectivity index (χ2v) is 7.72. The van der Waals surface area contributed by atoms with Gasteiger partial charge in [0.1, 0.15) is 12.2 Å². The fourth-order valence-corrected chi connectivity index (χ4v) is 3.69. The summed E-state index contributed by atoms with van der Waals surface area (Å²) in [7, 11) is 1.03. The number of aromatic nitrogens is 1. The summed E-state index contributed by atoms with van der Waals surface area (Å²) >= 11 is 0. The van der Waals surface area contributed by atoms with Gasteiger partial charge in [-0.3, -0.25) is 9.78 Å². The molecule has 0 unspecified atom stereocenters. The van der Waals surface area contributed by atoms with Crippen LogP contribution >= 0.6 is 0 Å². The first kappa shape index (κ1) is 24.8. The first-order valence-electron chi connectivity index (χ1n) is 9.74. The summed E-state index contributed by atoms with van der Waals surface area (Å²) in [5.41, 5.74) is -2.82. The smallest absolute Gasteiger partial charge is 0.417 e. The third kappa shape index (κ3) is 4.77. The Kier molecular flexibility index (Phi) is 6.91. The number of pyridine rings is 1. The molecule has 0 spiro atoms. The molecule has 1 fully saturated rings. The number of carbonyl (C=O) groups excluding carboxylic acids is 1. The molecule has 12 heteroatoms. The zero-order valence-corrected chi connectivity index (χ0v) is 17.5. The maximum absolute atomic E-state index is 14.3. The number of hydrogen-bond donors (Lipinski definition) is 3. The Morgan fingerprint density at radius 3 is 2.67 bits per heavy atom. The van der Waals surface area contributed by atoms with Crippen molar-refractivity contribution >= 4 is 11.6 Å². The molecule has 1 aliphatic heterocycles. The van der Waals surface area contributed by atoms with Gasteiger partial charge in [-0.1, -0.05) is 6.07 Å². The standard InChI is InChI=1S/C21H21F5N2O5/c1-20(21(24,25)26)8-12(11-3-4-13(22)16(23)17(11)32-2)18(33-20)19(31)28-10-5-6-27-14(7-10)15(30)9-29/h3-7,12,15,18,29-30H,8-9H2,1-2H3,(H,27,28,31)/t12-,15-,18+,20+/m0/s1. The molecule has 1 aromatic carbocycles. The number of rotatable bonds is 6. The van der Waals surface area contributed by atoms with E-state index in [4.69, 9.17) is 14.6 Å². The van der Waals surface area contributed by atoms with Gasteiger partial charge in [0.15, 0.2) is 17.2 Å². The van der Waals surface area contributed by atoms with Gasteiger partial charge in [0, 0.05) is 23.4 Å². The number of anilines is 1. The van der Waals surface area contributed by atoms with Crippen LogP contribution < -0.4 is 10.1 Å². The van der Waals surface area contributed by atoms with Gasteiger partial charge in [0.2, 0.25) is 5.82 Å². The van der Waals surface area contributed by atoms with Crippen molar-refractivity contribution in [3.63, 3.8) is 0 Å². The number of halogens is 5. The van der Waals surface area contributed by atoms with Crippen molar-refractivity contribution in [1.29, 1.82) is 0 Å². The van der Waals surface area contributed by atoms with E-state index in [2.05, 4.69) is 10.3 Å². The van der Waals surface area contributed by atoms with E-state index in [0.717, 1.165) is 26.2 Å². The van der Waals surface area contributed by atoms with Crippen LogP contribution in [0, 0.1) is 11.6 Å². The number of methoxy groups -OCH3 is 1. The fraction of sp³-hybridized carbons (Fsp3) is 0.429. The quantitative estimate of drug-likeness (QED) is 0.554. The molecule has 0 saturated carbocycles. The second kappa shape index (κ2) is 9.20. The number of carbonyl (C=O) groups is 1. The molecule has 1 amide bonds. The van der Waals surface area contributed by atoms with Crippen LogP contribution in [-0.2, 0) is 9.53 Å². The van der Waals surface area contributed by atoms with Gasteiger partial charge in [0.05, 0.1) is 19.4 Å². The van der Waals surface area contributed by atoms with Crippen LogP contribution in [0.1, 0.15) is 36.6 Å². The van der Waals surface area contributed by atoms with E-state index in [0.29, 0.717) is 0 Å². The lowest BCUT2D eigenvalue weighted by atomic mass is 9.85. The summed E-state index contributed by atoms with van der Waals surface area (Å²) in [5, 5.41) is 21.1. The van der Waals surface area contributed by atoms with E-state index < -0.39 is 66.2 Å². The average Bonchev–Trinajstić information content (AvgIpc) is 3.14. The van der Waals surface area contributed by atoms with Gasteiger partial charge in [-0.25, -0.2) is 4.39 Å². The van der Waals surface area contributed by atoms with E-state index in [9.17, 15) is 31.9 Å². The monoisotopic (exact) mass is 476 g/mol. The predicted molar refractivity (Wildman–Crippen MR) is 105 cm³/mol. The van der Waals surface area contributed by atoms with E-state index in [1.807, 2.05) is 0 Å². The number of amides is 1. The average molecular weight is 476 g/mol. The molecule has 2 heterocycles. The van der Waals surface area contributed by atoms with Crippen LogP contribution in [0.15, 0.2) is 30.5 Å². The minimum Gasteiger partial charge on any atom is -0.493 e. The number of nitrogens with one attached hydrogen (secondary N) is 1. The number of aliphatic hydroxyl groups excluding tert-OH is 2. The van der Waals surface area contributed by atoms with Gasteiger partial charge in [-0.15, -0.1) is 0 Å². The number of aliphatic hydroxyl groups is 2. The Bertz CT molecular complexity index is 1030. The van der Waals surface area contributed by atoms with Crippen molar-refractivity contribution in [1.82, 2.24) is 4.98 Å². The Balaban J connectivity index is 1.99. The molecule has 3 N–H and O–H groups in total. The number of ether oxygens (including phenoxy) is 2. The maximum Gasteiger partial charge on any atom is 0.417 e. The van der Waals surface area contributed by atoms with Gasteiger partial charge >= 0.3 is 6.18 Å². The highest BCUT2D eigenvalue weighted by Crippen LogP contribution is 2.51. The summed E-state index contributed by atoms with van der Waals surface area (Å²) in [5.74, 6) is -5.60. The molecule has 0 radical (unpaired) electrons. The van der Waals surface area contributed by atoms with E-state index >= 15 is 0 Å². The van der Waals surface area contributed by atoms with E-state index in [1.54, 1.807) is 0 Å². The fourth-order valence-electron chi connectivity index (χ4n) is 3.69. The molecule has 1 saturated heterocycles. The topological polar surface area (TPSA) is 101 Å². The zero-order valence-electron chi connectivity index (χ0n) is 17.5. The summed E-state index contributed by atoms with van der Waals surface area (Å²) in [6.07, 6.45) is -7.47. The SMILES string of the molecule is COc1c([C@@H]2C[C@](C)(C(F)(F)F)O[C@H]2C(=O)Nc2ccnc([C@@H](O)CO)c2)ccc(F)c1F. The van der Waals surface area contributed by atoms with Crippen LogP contribution in [0.4, 0.5) is 27.6 Å². The lowest BCUT2D eigenvalue weighted by molar-refractivity contribution is -0.261. The van der Waals surface area contributed by atoms with Crippen molar-refractivity contribution < 1.29 is 46.4 Å². The molecule has 1 aromatic heterocycles. The largest absolute Gasteiger partial charge is 0.493 e. The first-order chi connectivity index (χ1) is 15.4. The molecule has 1 aliphatic rings. The zero-order chi connectivity index (χ0) is 24.6. The Hall–Kier alpha value is -2.83. The molecule has 0 bridgehead atoms. The van der Waals surface area contributed by atoms with Crippen molar-refractivity contribution in [3.05, 3.63) is 53.4 Å². The van der Waals surface area contributed by atoms with Crippen LogP contribution in [0.25, 0.3) is 0 Å². The Labute approximate surface area is 185 Å². The van der Waals surface area contributed by atoms with Crippen molar-refractivity contribution in [2.45, 2.75) is 43.2 Å². The minimum absolute atomic E-state index is 0.0154. The second-order valence-electron chi connectivity index (χ2n) is 7.72. The Morgan fingerprint density at radius 2 is 2.06 bits per heavy atom. The third-order valence-electron chi connectivity index (χ3n) is 5.47.